The number of rotatable bonds is 5. The van der Waals surface area contributed by atoms with E-state index >= 15 is 0 Å². The minimum atomic E-state index is -0.194. The molecule has 0 aliphatic heterocycles. The number of aryl methyl sites for hydroxylation is 1. The maximum absolute atomic E-state index is 13.3. The lowest BCUT2D eigenvalue weighted by molar-refractivity contribution is 0.626. The van der Waals surface area contributed by atoms with E-state index in [0.29, 0.717) is 5.75 Å². The van der Waals surface area contributed by atoms with Gasteiger partial charge >= 0.3 is 0 Å². The summed E-state index contributed by atoms with van der Waals surface area (Å²) in [7, 11) is 0. The molecule has 3 nitrogen and oxygen atoms in total. The topological polar surface area (TPSA) is 30.7 Å². The zero-order chi connectivity index (χ0) is 17.2. The van der Waals surface area contributed by atoms with Crippen LogP contribution in [0, 0.1) is 5.82 Å². The fraction of sp³-hybridized carbons (Fsp3) is 0.368. The molecule has 0 radical (unpaired) electrons. The highest BCUT2D eigenvalue weighted by atomic mass is 32.2. The van der Waals surface area contributed by atoms with Gasteiger partial charge in [0.05, 0.1) is 0 Å². The fourth-order valence-corrected chi connectivity index (χ4v) is 5.41. The predicted molar refractivity (Wildman–Crippen MR) is 102 cm³/mol. The van der Waals surface area contributed by atoms with E-state index < -0.39 is 0 Å². The second kappa shape index (κ2) is 7.30. The number of fused-ring (bicyclic) bond motifs is 1. The van der Waals surface area contributed by atoms with Gasteiger partial charge in [-0.3, -0.25) is 0 Å². The average Bonchev–Trinajstić information content (AvgIpc) is 3.23. The smallest absolute Gasteiger partial charge is 0.191 e. The van der Waals surface area contributed by atoms with Gasteiger partial charge in [0.2, 0.25) is 0 Å². The van der Waals surface area contributed by atoms with E-state index in [9.17, 15) is 4.39 Å². The maximum atomic E-state index is 13.3. The fourth-order valence-electron chi connectivity index (χ4n) is 3.34. The second-order valence-corrected chi connectivity index (χ2v) is 8.13. The van der Waals surface area contributed by atoms with Crippen molar-refractivity contribution in [3.8, 4) is 11.4 Å². The first-order valence-electron chi connectivity index (χ1n) is 8.66. The Bertz CT molecular complexity index is 885. The van der Waals surface area contributed by atoms with Crippen LogP contribution in [0.15, 0.2) is 34.8 Å². The molecule has 25 heavy (non-hydrogen) atoms. The van der Waals surface area contributed by atoms with Gasteiger partial charge in [-0.25, -0.2) is 4.39 Å². The van der Waals surface area contributed by atoms with E-state index in [1.165, 1.54) is 41.3 Å². The van der Waals surface area contributed by atoms with E-state index in [0.717, 1.165) is 29.5 Å². The molecule has 0 saturated carbocycles. The molecule has 1 aliphatic rings. The third kappa shape index (κ3) is 3.37. The lowest BCUT2D eigenvalue weighted by Crippen LogP contribution is -2.03. The van der Waals surface area contributed by atoms with Crippen LogP contribution in [0.3, 0.4) is 0 Å². The van der Waals surface area contributed by atoms with Gasteiger partial charge in [-0.15, -0.1) is 21.5 Å². The highest BCUT2D eigenvalue weighted by molar-refractivity contribution is 7.98. The second-order valence-electron chi connectivity index (χ2n) is 6.23. The molecule has 4 rings (SSSR count). The van der Waals surface area contributed by atoms with E-state index in [1.54, 1.807) is 23.9 Å². The van der Waals surface area contributed by atoms with Gasteiger partial charge in [0.1, 0.15) is 5.82 Å². The number of thiophene rings is 1. The molecule has 0 saturated heterocycles. The zero-order valence-corrected chi connectivity index (χ0v) is 15.8. The molecule has 1 aliphatic carbocycles. The first-order valence-corrected chi connectivity index (χ1v) is 10.5. The molecule has 0 N–H and O–H groups in total. The molecule has 0 amide bonds. The molecule has 0 unspecified atom stereocenters. The van der Waals surface area contributed by atoms with Crippen molar-refractivity contribution >= 4 is 23.1 Å². The van der Waals surface area contributed by atoms with Crippen LogP contribution >= 0.6 is 23.1 Å². The van der Waals surface area contributed by atoms with Crippen LogP contribution in [0.4, 0.5) is 4.39 Å². The Morgan fingerprint density at radius 1 is 1.24 bits per heavy atom. The summed E-state index contributed by atoms with van der Waals surface area (Å²) in [4.78, 5) is 1.51. The normalized spacial score (nSPS) is 13.8. The van der Waals surface area contributed by atoms with E-state index in [2.05, 4.69) is 27.1 Å². The van der Waals surface area contributed by atoms with Crippen molar-refractivity contribution in [1.29, 1.82) is 0 Å². The van der Waals surface area contributed by atoms with Crippen LogP contribution in [-0.2, 0) is 25.1 Å². The molecule has 0 fully saturated rings. The van der Waals surface area contributed by atoms with E-state index in [-0.39, 0.29) is 5.82 Å². The van der Waals surface area contributed by atoms with E-state index in [1.807, 2.05) is 17.4 Å². The van der Waals surface area contributed by atoms with E-state index in [4.69, 9.17) is 0 Å². The van der Waals surface area contributed by atoms with Crippen molar-refractivity contribution < 1.29 is 4.39 Å². The zero-order valence-electron chi connectivity index (χ0n) is 14.2. The van der Waals surface area contributed by atoms with Crippen molar-refractivity contribution in [1.82, 2.24) is 14.8 Å². The average molecular weight is 374 g/mol. The van der Waals surface area contributed by atoms with Crippen molar-refractivity contribution in [2.24, 2.45) is 0 Å². The molecular formula is C19H20FN3S2. The van der Waals surface area contributed by atoms with Crippen molar-refractivity contribution in [3.05, 3.63) is 51.5 Å². The van der Waals surface area contributed by atoms with Crippen LogP contribution in [0.25, 0.3) is 11.4 Å². The molecule has 0 spiro atoms. The minimum absolute atomic E-state index is 0.194. The number of hydrogen-bond donors (Lipinski definition) is 0. The summed E-state index contributed by atoms with van der Waals surface area (Å²) in [5, 5.41) is 12.1. The largest absolute Gasteiger partial charge is 0.302 e. The quantitative estimate of drug-likeness (QED) is 0.566. The summed E-state index contributed by atoms with van der Waals surface area (Å²) < 4.78 is 15.5. The SMILES string of the molecule is CCn1c(SCc2cccc(F)c2)nnc1-c1csc2c1CCCC2. The van der Waals surface area contributed by atoms with Crippen molar-refractivity contribution in [2.75, 3.05) is 0 Å². The Kier molecular flexibility index (Phi) is 4.90. The number of halogens is 1. The van der Waals surface area contributed by atoms with Crippen LogP contribution in [-0.4, -0.2) is 14.8 Å². The Labute approximate surface area is 155 Å². The van der Waals surface area contributed by atoms with Crippen LogP contribution in [0.2, 0.25) is 0 Å². The molecule has 6 heteroatoms. The van der Waals surface area contributed by atoms with Gasteiger partial charge in [-0.2, -0.15) is 0 Å². The molecular weight excluding hydrogens is 353 g/mol. The molecule has 2 aromatic heterocycles. The summed E-state index contributed by atoms with van der Waals surface area (Å²) in [6.45, 7) is 2.95. The number of thioether (sulfide) groups is 1. The lowest BCUT2D eigenvalue weighted by atomic mass is 9.96. The summed E-state index contributed by atoms with van der Waals surface area (Å²) in [6, 6.07) is 6.74. The molecule has 2 heterocycles. The number of benzene rings is 1. The third-order valence-electron chi connectivity index (χ3n) is 4.59. The highest BCUT2D eigenvalue weighted by Gasteiger charge is 2.21. The standard InChI is InChI=1S/C19H20FN3S2/c1-2-23-18(16-12-24-17-9-4-3-8-15(16)17)21-22-19(23)25-11-13-6-5-7-14(20)10-13/h5-7,10,12H,2-4,8-9,11H2,1H3. The van der Waals surface area contributed by atoms with Gasteiger partial charge in [0, 0.05) is 28.1 Å². The first kappa shape index (κ1) is 16.8. The number of aromatic nitrogens is 3. The van der Waals surface area contributed by atoms with Crippen LogP contribution in [0.5, 0.6) is 0 Å². The van der Waals surface area contributed by atoms with Crippen molar-refractivity contribution in [2.45, 2.75) is 50.1 Å². The summed E-state index contributed by atoms with van der Waals surface area (Å²) in [5.74, 6) is 1.47. The van der Waals surface area contributed by atoms with Gasteiger partial charge in [0.25, 0.3) is 0 Å². The summed E-state index contributed by atoms with van der Waals surface area (Å²) in [6.07, 6.45) is 4.90. The molecule has 3 aromatic rings. The van der Waals surface area contributed by atoms with Gasteiger partial charge < -0.3 is 4.57 Å². The number of hydrogen-bond acceptors (Lipinski definition) is 4. The Morgan fingerprint density at radius 3 is 2.96 bits per heavy atom. The highest BCUT2D eigenvalue weighted by Crippen LogP contribution is 2.37. The molecule has 0 atom stereocenters. The van der Waals surface area contributed by atoms with Crippen molar-refractivity contribution in [3.63, 3.8) is 0 Å². The lowest BCUT2D eigenvalue weighted by Gasteiger charge is -2.13. The number of nitrogens with zero attached hydrogens (tertiary/aromatic N) is 3. The van der Waals surface area contributed by atoms with Crippen LogP contribution in [0.1, 0.15) is 35.8 Å². The van der Waals surface area contributed by atoms with Crippen LogP contribution < -0.4 is 0 Å². The van der Waals surface area contributed by atoms with Gasteiger partial charge in [0.15, 0.2) is 11.0 Å². The molecule has 0 bridgehead atoms. The minimum Gasteiger partial charge on any atom is -0.302 e. The Balaban J connectivity index is 1.60. The molecule has 1 aromatic carbocycles. The maximum Gasteiger partial charge on any atom is 0.191 e. The monoisotopic (exact) mass is 373 g/mol. The first-order chi connectivity index (χ1) is 12.3. The van der Waals surface area contributed by atoms with Gasteiger partial charge in [-0.05, 0) is 55.9 Å². The summed E-state index contributed by atoms with van der Waals surface area (Å²) in [5.41, 5.74) is 3.69. The summed E-state index contributed by atoms with van der Waals surface area (Å²) >= 11 is 3.47. The Morgan fingerprint density at radius 2 is 2.12 bits per heavy atom. The van der Waals surface area contributed by atoms with Gasteiger partial charge in [-0.1, -0.05) is 23.9 Å². The predicted octanol–water partition coefficient (Wildman–Crippen LogP) is 5.34. The Hall–Kier alpha value is -1.66. The molecule has 130 valence electrons. The third-order valence-corrected chi connectivity index (χ3v) is 6.72.